The Kier molecular flexibility index (Phi) is 4.70. The Hall–Kier alpha value is -0.800. The van der Waals surface area contributed by atoms with Crippen molar-refractivity contribution in [2.24, 2.45) is 11.8 Å². The first kappa shape index (κ1) is 15.1. The lowest BCUT2D eigenvalue weighted by Gasteiger charge is -2.24. The maximum atomic E-state index is 6.31. The zero-order valence-electron chi connectivity index (χ0n) is 13.1. The fourth-order valence-corrected chi connectivity index (χ4v) is 2.82. The van der Waals surface area contributed by atoms with Crippen LogP contribution in [0.2, 0.25) is 5.02 Å². The normalized spacial score (nSPS) is 18.3. The van der Waals surface area contributed by atoms with Gasteiger partial charge in [0.2, 0.25) is 0 Å². The third-order valence-electron chi connectivity index (χ3n) is 4.22. The molecule has 0 spiro atoms. The third-order valence-corrected chi connectivity index (χ3v) is 4.56. The highest BCUT2D eigenvalue weighted by Gasteiger charge is 2.34. The standard InChI is InChI=1S/C17H26ClN3/c1-12(2)8-19-9-14-7-17(20-10-16(14)18)21(15-5-6-15)11-13-3-4-13/h7,10,12-13,15,19H,3-6,8-9,11H2,1-2H3. The topological polar surface area (TPSA) is 28.2 Å². The number of nitrogens with zero attached hydrogens (tertiary/aromatic N) is 2. The molecule has 0 saturated heterocycles. The molecule has 116 valence electrons. The molecule has 2 aliphatic rings. The number of aromatic nitrogens is 1. The molecule has 0 radical (unpaired) electrons. The molecule has 0 bridgehead atoms. The zero-order chi connectivity index (χ0) is 14.8. The van der Waals surface area contributed by atoms with E-state index in [9.17, 15) is 0 Å². The van der Waals surface area contributed by atoms with Crippen LogP contribution in [0.5, 0.6) is 0 Å². The number of halogens is 1. The van der Waals surface area contributed by atoms with E-state index in [1.807, 2.05) is 6.20 Å². The molecule has 2 aliphatic carbocycles. The van der Waals surface area contributed by atoms with Crippen molar-refractivity contribution < 1.29 is 0 Å². The van der Waals surface area contributed by atoms with Crippen molar-refractivity contribution in [3.8, 4) is 0 Å². The van der Waals surface area contributed by atoms with E-state index in [1.165, 1.54) is 37.8 Å². The maximum absolute atomic E-state index is 6.31. The summed E-state index contributed by atoms with van der Waals surface area (Å²) in [5.74, 6) is 2.67. The number of pyridine rings is 1. The van der Waals surface area contributed by atoms with Gasteiger partial charge in [0, 0.05) is 25.3 Å². The van der Waals surface area contributed by atoms with Crippen LogP contribution in [0.3, 0.4) is 0 Å². The molecule has 3 nitrogen and oxygen atoms in total. The average molecular weight is 308 g/mol. The smallest absolute Gasteiger partial charge is 0.129 e. The number of hydrogen-bond acceptors (Lipinski definition) is 3. The van der Waals surface area contributed by atoms with E-state index in [-0.39, 0.29) is 0 Å². The molecule has 21 heavy (non-hydrogen) atoms. The lowest BCUT2D eigenvalue weighted by Crippen LogP contribution is -2.29. The molecular formula is C17H26ClN3. The van der Waals surface area contributed by atoms with Gasteiger partial charge in [-0.15, -0.1) is 0 Å². The van der Waals surface area contributed by atoms with Gasteiger partial charge in [-0.3, -0.25) is 0 Å². The Balaban J connectivity index is 1.68. The van der Waals surface area contributed by atoms with Crippen LogP contribution in [0.15, 0.2) is 12.3 Å². The first-order chi connectivity index (χ1) is 10.1. The summed E-state index contributed by atoms with van der Waals surface area (Å²) in [4.78, 5) is 7.10. The molecule has 2 saturated carbocycles. The van der Waals surface area contributed by atoms with E-state index < -0.39 is 0 Å². The summed E-state index contributed by atoms with van der Waals surface area (Å²) in [5, 5.41) is 4.25. The highest BCUT2D eigenvalue weighted by molar-refractivity contribution is 6.31. The van der Waals surface area contributed by atoms with Crippen LogP contribution in [-0.4, -0.2) is 24.1 Å². The summed E-state index contributed by atoms with van der Waals surface area (Å²) in [7, 11) is 0. The Morgan fingerprint density at radius 3 is 2.71 bits per heavy atom. The van der Waals surface area contributed by atoms with Crippen molar-refractivity contribution in [3.05, 3.63) is 22.8 Å². The van der Waals surface area contributed by atoms with Gasteiger partial charge in [-0.2, -0.15) is 0 Å². The first-order valence-corrected chi connectivity index (χ1v) is 8.63. The quantitative estimate of drug-likeness (QED) is 0.790. The Morgan fingerprint density at radius 2 is 2.10 bits per heavy atom. The van der Waals surface area contributed by atoms with Crippen LogP contribution in [-0.2, 0) is 6.54 Å². The number of nitrogens with one attached hydrogen (secondary N) is 1. The molecule has 0 atom stereocenters. The average Bonchev–Trinajstić information content (AvgIpc) is 3.32. The van der Waals surface area contributed by atoms with Crippen LogP contribution in [0.25, 0.3) is 0 Å². The molecule has 0 unspecified atom stereocenters. The van der Waals surface area contributed by atoms with Gasteiger partial charge in [0.05, 0.1) is 5.02 Å². The van der Waals surface area contributed by atoms with Crippen LogP contribution in [0.4, 0.5) is 5.82 Å². The van der Waals surface area contributed by atoms with Gasteiger partial charge in [-0.1, -0.05) is 25.4 Å². The second-order valence-corrected chi connectivity index (χ2v) is 7.39. The zero-order valence-corrected chi connectivity index (χ0v) is 13.9. The van der Waals surface area contributed by atoms with E-state index in [1.54, 1.807) is 0 Å². The van der Waals surface area contributed by atoms with E-state index in [4.69, 9.17) is 11.6 Å². The van der Waals surface area contributed by atoms with Crippen molar-refractivity contribution in [1.29, 1.82) is 0 Å². The SMILES string of the molecule is CC(C)CNCc1cc(N(CC2CC2)C2CC2)ncc1Cl. The second-order valence-electron chi connectivity index (χ2n) is 6.99. The van der Waals surface area contributed by atoms with Gasteiger partial charge in [-0.25, -0.2) is 4.98 Å². The van der Waals surface area contributed by atoms with Crippen molar-refractivity contribution in [1.82, 2.24) is 10.3 Å². The fraction of sp³-hybridized carbons (Fsp3) is 0.706. The largest absolute Gasteiger partial charge is 0.353 e. The van der Waals surface area contributed by atoms with Gasteiger partial charge >= 0.3 is 0 Å². The van der Waals surface area contributed by atoms with E-state index in [0.717, 1.165) is 35.9 Å². The van der Waals surface area contributed by atoms with Gasteiger partial charge in [0.25, 0.3) is 0 Å². The highest BCUT2D eigenvalue weighted by atomic mass is 35.5. The molecule has 2 fully saturated rings. The molecule has 1 aromatic heterocycles. The lowest BCUT2D eigenvalue weighted by atomic mass is 10.2. The fourth-order valence-electron chi connectivity index (χ4n) is 2.65. The molecule has 0 aromatic carbocycles. The highest BCUT2D eigenvalue weighted by Crippen LogP contribution is 2.37. The molecule has 3 rings (SSSR count). The summed E-state index contributed by atoms with van der Waals surface area (Å²) in [6.07, 6.45) is 7.24. The van der Waals surface area contributed by atoms with Gasteiger partial charge in [-0.05, 0) is 55.7 Å². The second kappa shape index (κ2) is 6.53. The molecule has 0 amide bonds. The third kappa shape index (κ3) is 4.33. The molecule has 1 heterocycles. The van der Waals surface area contributed by atoms with Crippen LogP contribution in [0, 0.1) is 11.8 Å². The van der Waals surface area contributed by atoms with Crippen molar-refractivity contribution in [2.75, 3.05) is 18.0 Å². The van der Waals surface area contributed by atoms with Crippen LogP contribution < -0.4 is 10.2 Å². The lowest BCUT2D eigenvalue weighted by molar-refractivity contribution is 0.552. The number of anilines is 1. The predicted octanol–water partition coefficient (Wildman–Crippen LogP) is 3.86. The molecule has 0 aliphatic heterocycles. The Morgan fingerprint density at radius 1 is 1.33 bits per heavy atom. The summed E-state index contributed by atoms with van der Waals surface area (Å²) in [5.41, 5.74) is 1.17. The van der Waals surface area contributed by atoms with Gasteiger partial charge in [0.1, 0.15) is 5.82 Å². The first-order valence-electron chi connectivity index (χ1n) is 8.25. The van der Waals surface area contributed by atoms with E-state index in [0.29, 0.717) is 5.92 Å². The summed E-state index contributed by atoms with van der Waals surface area (Å²) in [6.45, 7) is 7.46. The van der Waals surface area contributed by atoms with Crippen molar-refractivity contribution >= 4 is 17.4 Å². The minimum absolute atomic E-state index is 0.655. The number of hydrogen-bond donors (Lipinski definition) is 1. The Labute approximate surface area is 133 Å². The minimum atomic E-state index is 0.655. The number of rotatable bonds is 8. The molecular weight excluding hydrogens is 282 g/mol. The van der Waals surface area contributed by atoms with Gasteiger partial charge < -0.3 is 10.2 Å². The minimum Gasteiger partial charge on any atom is -0.353 e. The van der Waals surface area contributed by atoms with E-state index >= 15 is 0 Å². The maximum Gasteiger partial charge on any atom is 0.129 e. The summed E-state index contributed by atoms with van der Waals surface area (Å²) in [6, 6.07) is 2.91. The Bertz CT molecular complexity index is 481. The monoisotopic (exact) mass is 307 g/mol. The molecule has 1 aromatic rings. The molecule has 4 heteroatoms. The van der Waals surface area contributed by atoms with Crippen LogP contribution in [0.1, 0.15) is 45.1 Å². The van der Waals surface area contributed by atoms with E-state index in [2.05, 4.69) is 35.1 Å². The van der Waals surface area contributed by atoms with Gasteiger partial charge in [0.15, 0.2) is 0 Å². The summed E-state index contributed by atoms with van der Waals surface area (Å²) >= 11 is 6.31. The molecule has 1 N–H and O–H groups in total. The predicted molar refractivity (Wildman–Crippen MR) is 88.9 cm³/mol. The van der Waals surface area contributed by atoms with Crippen molar-refractivity contribution in [3.63, 3.8) is 0 Å². The summed E-state index contributed by atoms with van der Waals surface area (Å²) < 4.78 is 0. The van der Waals surface area contributed by atoms with Crippen molar-refractivity contribution in [2.45, 2.75) is 52.1 Å². The van der Waals surface area contributed by atoms with Crippen LogP contribution >= 0.6 is 11.6 Å².